The smallest absolute Gasteiger partial charge is 0.165 e. The van der Waals surface area contributed by atoms with E-state index < -0.39 is 0 Å². The molecule has 0 N–H and O–H groups in total. The van der Waals surface area contributed by atoms with E-state index >= 15 is 0 Å². The standard InChI is InChI=1S/C42H26N4/c1-2-14-29(15-3-1)45-36-21-8-5-17-31(36)33-26-28(24-25-38(33)45)41-42(44-35-20-7-6-19-34(35)43-41)46-37-22-9-4-16-30(37)32-18-10-12-27-13-11-23-39(46)40(27)32/h1-26H. The largest absolute Gasteiger partial charge is 0.309 e. The van der Waals surface area contributed by atoms with Crippen molar-refractivity contribution in [2.45, 2.75) is 0 Å². The normalized spacial score (nSPS) is 12.3. The van der Waals surface area contributed by atoms with E-state index in [0.29, 0.717) is 0 Å². The molecule has 0 fully saturated rings. The first-order chi connectivity index (χ1) is 22.8. The van der Waals surface area contributed by atoms with Crippen LogP contribution in [0.15, 0.2) is 158 Å². The van der Waals surface area contributed by atoms with E-state index in [0.717, 1.165) is 50.7 Å². The molecule has 4 heteroatoms. The molecule has 1 aliphatic heterocycles. The number of aromatic nitrogens is 3. The van der Waals surface area contributed by atoms with Crippen LogP contribution in [0.2, 0.25) is 0 Å². The van der Waals surface area contributed by atoms with E-state index in [1.807, 2.05) is 12.1 Å². The summed E-state index contributed by atoms with van der Waals surface area (Å²) in [7, 11) is 0. The van der Waals surface area contributed by atoms with Crippen LogP contribution in [-0.2, 0) is 0 Å². The predicted octanol–water partition coefficient (Wildman–Crippen LogP) is 11.0. The molecule has 0 saturated carbocycles. The zero-order valence-corrected chi connectivity index (χ0v) is 24.8. The quantitative estimate of drug-likeness (QED) is 0.206. The van der Waals surface area contributed by atoms with Gasteiger partial charge in [-0.15, -0.1) is 0 Å². The number of hydrogen-bond acceptors (Lipinski definition) is 3. The summed E-state index contributed by atoms with van der Waals surface area (Å²) in [5, 5.41) is 4.83. The van der Waals surface area contributed by atoms with Gasteiger partial charge in [-0.1, -0.05) is 103 Å². The van der Waals surface area contributed by atoms with Crippen molar-refractivity contribution < 1.29 is 0 Å². The lowest BCUT2D eigenvalue weighted by atomic mass is 9.91. The second-order valence-electron chi connectivity index (χ2n) is 11.8. The van der Waals surface area contributed by atoms with E-state index in [1.54, 1.807) is 0 Å². The summed E-state index contributed by atoms with van der Waals surface area (Å²) in [6.07, 6.45) is 0. The molecule has 0 atom stereocenters. The van der Waals surface area contributed by atoms with Gasteiger partial charge in [-0.2, -0.15) is 0 Å². The van der Waals surface area contributed by atoms with E-state index in [1.165, 1.54) is 38.2 Å². The van der Waals surface area contributed by atoms with Crippen LogP contribution < -0.4 is 4.90 Å². The predicted molar refractivity (Wildman–Crippen MR) is 190 cm³/mol. The van der Waals surface area contributed by atoms with Crippen LogP contribution in [0, 0.1) is 0 Å². The van der Waals surface area contributed by atoms with Crippen LogP contribution in [0.4, 0.5) is 17.2 Å². The molecule has 2 aromatic heterocycles. The number of hydrogen-bond donors (Lipinski definition) is 0. The number of benzene rings is 7. The van der Waals surface area contributed by atoms with Gasteiger partial charge in [0, 0.05) is 33.0 Å². The average Bonchev–Trinajstić information content (AvgIpc) is 3.45. The van der Waals surface area contributed by atoms with Crippen molar-refractivity contribution in [3.63, 3.8) is 0 Å². The lowest BCUT2D eigenvalue weighted by Gasteiger charge is -2.33. The lowest BCUT2D eigenvalue weighted by Crippen LogP contribution is -2.17. The van der Waals surface area contributed by atoms with Gasteiger partial charge in [0.2, 0.25) is 0 Å². The number of anilines is 3. The fraction of sp³-hybridized carbons (Fsp3) is 0. The molecular weight excluding hydrogens is 560 g/mol. The zero-order valence-electron chi connectivity index (χ0n) is 24.8. The maximum atomic E-state index is 5.39. The van der Waals surface area contributed by atoms with Gasteiger partial charge in [0.25, 0.3) is 0 Å². The molecule has 0 spiro atoms. The first kappa shape index (κ1) is 25.1. The first-order valence-corrected chi connectivity index (χ1v) is 15.6. The maximum absolute atomic E-state index is 5.39. The van der Waals surface area contributed by atoms with Crippen LogP contribution in [-0.4, -0.2) is 14.5 Å². The highest BCUT2D eigenvalue weighted by atomic mass is 15.2. The SMILES string of the molecule is c1ccc(-n2c3ccccc3c3cc(-c4nc5ccccc5nc4N4c5ccccc5-c5cccc6cccc4c56)ccc32)cc1. The second kappa shape index (κ2) is 9.62. The number of rotatable bonds is 3. The maximum Gasteiger partial charge on any atom is 0.165 e. The molecular formula is C42H26N4. The second-order valence-corrected chi connectivity index (χ2v) is 11.8. The van der Waals surface area contributed by atoms with Crippen LogP contribution in [0.1, 0.15) is 0 Å². The third-order valence-corrected chi connectivity index (χ3v) is 9.28. The monoisotopic (exact) mass is 586 g/mol. The van der Waals surface area contributed by atoms with Gasteiger partial charge in [0.05, 0.1) is 33.4 Å². The van der Waals surface area contributed by atoms with Crippen molar-refractivity contribution in [2.24, 2.45) is 0 Å². The Balaban J connectivity index is 1.29. The van der Waals surface area contributed by atoms with Crippen molar-refractivity contribution >= 4 is 60.8 Å². The number of fused-ring (bicyclic) bond motifs is 6. The summed E-state index contributed by atoms with van der Waals surface area (Å²) >= 11 is 0. The van der Waals surface area contributed by atoms with Crippen LogP contribution in [0.25, 0.3) is 71.7 Å². The van der Waals surface area contributed by atoms with E-state index in [9.17, 15) is 0 Å². The highest BCUT2D eigenvalue weighted by Crippen LogP contribution is 2.52. The molecule has 0 radical (unpaired) electrons. The summed E-state index contributed by atoms with van der Waals surface area (Å²) in [6, 6.07) is 55.9. The van der Waals surface area contributed by atoms with E-state index in [-0.39, 0.29) is 0 Å². The summed E-state index contributed by atoms with van der Waals surface area (Å²) in [5.41, 5.74) is 11.7. The highest BCUT2D eigenvalue weighted by molar-refractivity contribution is 6.15. The Bertz CT molecular complexity index is 2650. The van der Waals surface area contributed by atoms with E-state index in [4.69, 9.17) is 9.97 Å². The Hall–Kier alpha value is -6.26. The van der Waals surface area contributed by atoms with Crippen molar-refractivity contribution in [1.82, 2.24) is 14.5 Å². The molecule has 4 nitrogen and oxygen atoms in total. The summed E-state index contributed by atoms with van der Waals surface area (Å²) < 4.78 is 2.35. The molecule has 0 aliphatic carbocycles. The van der Waals surface area contributed by atoms with Gasteiger partial charge in [0.1, 0.15) is 5.69 Å². The molecule has 0 amide bonds. The number of para-hydroxylation sites is 5. The Morgan fingerprint density at radius 2 is 1.13 bits per heavy atom. The zero-order chi connectivity index (χ0) is 30.2. The molecule has 46 heavy (non-hydrogen) atoms. The minimum absolute atomic E-state index is 0.819. The van der Waals surface area contributed by atoms with Gasteiger partial charge in [-0.3, -0.25) is 4.90 Å². The topological polar surface area (TPSA) is 34.0 Å². The molecule has 10 rings (SSSR count). The third-order valence-electron chi connectivity index (χ3n) is 9.28. The number of nitrogens with zero attached hydrogens (tertiary/aromatic N) is 4. The van der Waals surface area contributed by atoms with Crippen molar-refractivity contribution in [2.75, 3.05) is 4.90 Å². The molecule has 7 aromatic carbocycles. The summed E-state index contributed by atoms with van der Waals surface area (Å²) in [4.78, 5) is 13.1. The third kappa shape index (κ3) is 3.55. The Labute approximate surface area is 265 Å². The average molecular weight is 587 g/mol. The lowest BCUT2D eigenvalue weighted by molar-refractivity contribution is 1.17. The first-order valence-electron chi connectivity index (χ1n) is 15.6. The minimum atomic E-state index is 0.819. The fourth-order valence-electron chi connectivity index (χ4n) is 7.30. The molecule has 0 unspecified atom stereocenters. The summed E-state index contributed by atoms with van der Waals surface area (Å²) in [6.45, 7) is 0. The van der Waals surface area contributed by atoms with Gasteiger partial charge < -0.3 is 4.57 Å². The molecule has 3 heterocycles. The van der Waals surface area contributed by atoms with Crippen LogP contribution in [0.5, 0.6) is 0 Å². The van der Waals surface area contributed by atoms with Gasteiger partial charge in [-0.25, -0.2) is 9.97 Å². The summed E-state index contributed by atoms with van der Waals surface area (Å²) in [5.74, 6) is 0.819. The molecule has 214 valence electrons. The van der Waals surface area contributed by atoms with Gasteiger partial charge in [-0.05, 0) is 65.5 Å². The molecule has 9 aromatic rings. The Morgan fingerprint density at radius 3 is 2.02 bits per heavy atom. The van der Waals surface area contributed by atoms with Crippen molar-refractivity contribution in [3.8, 4) is 28.1 Å². The minimum Gasteiger partial charge on any atom is -0.309 e. The van der Waals surface area contributed by atoms with Crippen LogP contribution >= 0.6 is 0 Å². The van der Waals surface area contributed by atoms with Gasteiger partial charge in [0.15, 0.2) is 5.82 Å². The van der Waals surface area contributed by atoms with Gasteiger partial charge >= 0.3 is 0 Å². The fourth-order valence-corrected chi connectivity index (χ4v) is 7.30. The molecule has 1 aliphatic rings. The Morgan fingerprint density at radius 1 is 0.457 bits per heavy atom. The molecule has 0 bridgehead atoms. The highest BCUT2D eigenvalue weighted by Gasteiger charge is 2.29. The van der Waals surface area contributed by atoms with Crippen LogP contribution in [0.3, 0.4) is 0 Å². The molecule has 0 saturated heterocycles. The van der Waals surface area contributed by atoms with Crippen molar-refractivity contribution in [1.29, 1.82) is 0 Å². The Kier molecular flexibility index (Phi) is 5.25. The van der Waals surface area contributed by atoms with E-state index in [2.05, 4.69) is 155 Å². The van der Waals surface area contributed by atoms with Crippen molar-refractivity contribution in [3.05, 3.63) is 158 Å².